The highest BCUT2D eigenvalue weighted by atomic mass is 32.1. The normalized spacial score (nSPS) is 14.3. The number of urea groups is 1. The largest absolute Gasteiger partial charge is 0.323 e. The molecule has 2 N–H and O–H groups in total. The van der Waals surface area contributed by atoms with Crippen molar-refractivity contribution in [2.75, 3.05) is 23.7 Å². The van der Waals surface area contributed by atoms with Gasteiger partial charge in [-0.15, -0.1) is 10.2 Å². The minimum atomic E-state index is -0.341. The molecule has 9 heteroatoms. The number of hydrogen-bond acceptors (Lipinski definition) is 6. The number of pyridine rings is 1. The molecule has 0 aliphatic carbocycles. The van der Waals surface area contributed by atoms with Gasteiger partial charge in [-0.05, 0) is 42.8 Å². The first kappa shape index (κ1) is 19.2. The van der Waals surface area contributed by atoms with E-state index in [1.165, 1.54) is 11.3 Å². The van der Waals surface area contributed by atoms with Crippen LogP contribution >= 0.6 is 11.3 Å². The van der Waals surface area contributed by atoms with Gasteiger partial charge in [-0.2, -0.15) is 0 Å². The summed E-state index contributed by atoms with van der Waals surface area (Å²) < 4.78 is 13.4. The number of benzene rings is 1. The molecule has 148 valence electrons. The van der Waals surface area contributed by atoms with E-state index in [-0.39, 0.29) is 11.9 Å². The molecule has 2 amide bonds. The van der Waals surface area contributed by atoms with Crippen molar-refractivity contribution in [3.8, 4) is 10.6 Å². The lowest BCUT2D eigenvalue weighted by molar-refractivity contribution is 0.258. The van der Waals surface area contributed by atoms with Crippen molar-refractivity contribution in [1.82, 2.24) is 20.1 Å². The number of halogens is 1. The van der Waals surface area contributed by atoms with Crippen molar-refractivity contribution < 1.29 is 9.18 Å². The molecule has 2 aromatic heterocycles. The molecule has 7 nitrogen and oxygen atoms in total. The molecule has 3 heterocycles. The highest BCUT2D eigenvalue weighted by molar-refractivity contribution is 7.14. The quantitative estimate of drug-likeness (QED) is 0.655. The number of hydrogen-bond donors (Lipinski definition) is 2. The number of carbonyl (C=O) groups excluding carboxylic acids is 1. The van der Waals surface area contributed by atoms with E-state index in [0.29, 0.717) is 24.5 Å². The molecular formula is C20H19FN6OS. The Balaban J connectivity index is 1.35. The second-order valence-corrected chi connectivity index (χ2v) is 7.61. The van der Waals surface area contributed by atoms with Crippen molar-refractivity contribution in [2.24, 2.45) is 0 Å². The van der Waals surface area contributed by atoms with Gasteiger partial charge >= 0.3 is 6.03 Å². The fourth-order valence-electron chi connectivity index (χ4n) is 2.95. The van der Waals surface area contributed by atoms with Gasteiger partial charge in [-0.3, -0.25) is 9.88 Å². The fraction of sp³-hybridized carbons (Fsp3) is 0.200. The summed E-state index contributed by atoms with van der Waals surface area (Å²) in [6.07, 6.45) is 5.57. The van der Waals surface area contributed by atoms with Gasteiger partial charge in [0.05, 0.1) is 25.0 Å². The maximum absolute atomic E-state index is 13.4. The molecule has 0 saturated carbocycles. The van der Waals surface area contributed by atoms with E-state index in [9.17, 15) is 9.18 Å². The van der Waals surface area contributed by atoms with E-state index >= 15 is 0 Å². The van der Waals surface area contributed by atoms with Gasteiger partial charge in [0.1, 0.15) is 15.8 Å². The van der Waals surface area contributed by atoms with E-state index in [4.69, 9.17) is 0 Å². The lowest BCUT2D eigenvalue weighted by Gasteiger charge is -2.22. The van der Waals surface area contributed by atoms with Crippen LogP contribution in [0.5, 0.6) is 0 Å². The summed E-state index contributed by atoms with van der Waals surface area (Å²) in [7, 11) is 0. The second kappa shape index (κ2) is 8.89. The number of rotatable bonds is 5. The summed E-state index contributed by atoms with van der Waals surface area (Å²) in [4.78, 5) is 18.0. The van der Waals surface area contributed by atoms with Gasteiger partial charge in [0.2, 0.25) is 0 Å². The predicted octanol–water partition coefficient (Wildman–Crippen LogP) is 4.30. The summed E-state index contributed by atoms with van der Waals surface area (Å²) in [5.74, 6) is -0.0864. The molecule has 1 aromatic carbocycles. The monoisotopic (exact) mass is 410 g/mol. The zero-order chi connectivity index (χ0) is 20.1. The van der Waals surface area contributed by atoms with Crippen LogP contribution in [0.25, 0.3) is 10.6 Å². The molecule has 0 radical (unpaired) electrons. The first-order valence-corrected chi connectivity index (χ1v) is 9.95. The fourth-order valence-corrected chi connectivity index (χ4v) is 3.84. The zero-order valence-corrected chi connectivity index (χ0v) is 16.3. The van der Waals surface area contributed by atoms with Crippen molar-refractivity contribution in [3.63, 3.8) is 0 Å². The molecule has 0 spiro atoms. The van der Waals surface area contributed by atoms with Crippen LogP contribution in [0.3, 0.4) is 0 Å². The maximum Gasteiger partial charge on any atom is 0.323 e. The highest BCUT2D eigenvalue weighted by Crippen LogP contribution is 2.26. The minimum absolute atomic E-state index is 0.0864. The molecule has 29 heavy (non-hydrogen) atoms. The Morgan fingerprint density at radius 3 is 2.72 bits per heavy atom. The van der Waals surface area contributed by atoms with Gasteiger partial charge in [-0.25, -0.2) is 9.18 Å². The van der Waals surface area contributed by atoms with Crippen LogP contribution in [-0.4, -0.2) is 39.2 Å². The number of amides is 2. The maximum atomic E-state index is 13.4. The first-order valence-electron chi connectivity index (χ1n) is 9.13. The van der Waals surface area contributed by atoms with Crippen molar-refractivity contribution in [3.05, 3.63) is 65.7 Å². The second-order valence-electron chi connectivity index (χ2n) is 6.55. The third-order valence-corrected chi connectivity index (χ3v) is 5.28. The lowest BCUT2D eigenvalue weighted by Crippen LogP contribution is -2.28. The third-order valence-electron chi connectivity index (χ3n) is 4.32. The van der Waals surface area contributed by atoms with E-state index in [0.717, 1.165) is 28.5 Å². The standard InChI is InChI=1S/C20H19FN6OS/c21-15-3-2-10-27(12-15)13-18-25-26-19(29-18)14-5-7-16(8-6-14)23-20(28)24-17-4-1-9-22-11-17/h1,3-9,11H,2,10,12-13H2,(H2,23,24,28). The molecule has 0 saturated heterocycles. The molecule has 4 rings (SSSR count). The predicted molar refractivity (Wildman–Crippen MR) is 111 cm³/mol. The Hall–Kier alpha value is -3.17. The molecule has 1 aliphatic heterocycles. The van der Waals surface area contributed by atoms with Crippen LogP contribution in [0.4, 0.5) is 20.6 Å². The summed E-state index contributed by atoms with van der Waals surface area (Å²) >= 11 is 1.49. The summed E-state index contributed by atoms with van der Waals surface area (Å²) in [6.45, 7) is 1.74. The van der Waals surface area contributed by atoms with Gasteiger partial charge in [-0.1, -0.05) is 17.4 Å². The van der Waals surface area contributed by atoms with E-state index < -0.39 is 0 Å². The van der Waals surface area contributed by atoms with Crippen LogP contribution in [0, 0.1) is 0 Å². The van der Waals surface area contributed by atoms with Crippen LogP contribution in [0.15, 0.2) is 60.7 Å². The average Bonchev–Trinajstić information content (AvgIpc) is 3.18. The van der Waals surface area contributed by atoms with Gasteiger partial charge in [0.25, 0.3) is 0 Å². The van der Waals surface area contributed by atoms with Crippen molar-refractivity contribution >= 4 is 28.7 Å². The Morgan fingerprint density at radius 1 is 1.14 bits per heavy atom. The highest BCUT2D eigenvalue weighted by Gasteiger charge is 2.15. The van der Waals surface area contributed by atoms with Gasteiger partial charge in [0, 0.05) is 24.0 Å². The Labute approximate surface area is 171 Å². The first-order chi connectivity index (χ1) is 14.2. The SMILES string of the molecule is O=C(Nc1ccc(-c2nnc(CN3CCC=C(F)C3)s2)cc1)Nc1cccnc1. The topological polar surface area (TPSA) is 83.0 Å². The third kappa shape index (κ3) is 5.21. The molecule has 3 aromatic rings. The zero-order valence-electron chi connectivity index (χ0n) is 15.5. The molecule has 1 aliphatic rings. The van der Waals surface area contributed by atoms with Crippen molar-refractivity contribution in [2.45, 2.75) is 13.0 Å². The van der Waals surface area contributed by atoms with Crippen LogP contribution in [0.1, 0.15) is 11.4 Å². The summed E-state index contributed by atoms with van der Waals surface area (Å²) in [6, 6.07) is 10.6. The molecule has 0 unspecified atom stereocenters. The lowest BCUT2D eigenvalue weighted by atomic mass is 10.2. The van der Waals surface area contributed by atoms with Crippen LogP contribution in [-0.2, 0) is 6.54 Å². The average molecular weight is 410 g/mol. The molecule has 0 bridgehead atoms. The smallest absolute Gasteiger partial charge is 0.308 e. The Morgan fingerprint density at radius 2 is 1.97 bits per heavy atom. The molecule has 0 fully saturated rings. The Kier molecular flexibility index (Phi) is 5.87. The number of nitrogens with zero attached hydrogens (tertiary/aromatic N) is 4. The van der Waals surface area contributed by atoms with Crippen LogP contribution < -0.4 is 10.6 Å². The molecule has 0 atom stereocenters. The van der Waals surface area contributed by atoms with E-state index in [2.05, 4.69) is 25.8 Å². The van der Waals surface area contributed by atoms with Gasteiger partial charge < -0.3 is 10.6 Å². The van der Waals surface area contributed by atoms with Gasteiger partial charge in [0.15, 0.2) is 0 Å². The number of aromatic nitrogens is 3. The number of nitrogens with one attached hydrogen (secondary N) is 2. The number of carbonyl (C=O) groups is 1. The minimum Gasteiger partial charge on any atom is -0.308 e. The summed E-state index contributed by atoms with van der Waals surface area (Å²) in [5.41, 5.74) is 2.19. The Bertz CT molecular complexity index is 1010. The number of anilines is 2. The van der Waals surface area contributed by atoms with E-state index in [1.54, 1.807) is 30.6 Å². The summed E-state index contributed by atoms with van der Waals surface area (Å²) in [5, 5.41) is 15.6. The van der Waals surface area contributed by atoms with E-state index in [1.807, 2.05) is 29.2 Å². The van der Waals surface area contributed by atoms with Crippen LogP contribution in [0.2, 0.25) is 0 Å². The van der Waals surface area contributed by atoms with Crippen molar-refractivity contribution in [1.29, 1.82) is 0 Å². The molecular weight excluding hydrogens is 391 g/mol.